The fourth-order valence-corrected chi connectivity index (χ4v) is 2.12. The molecule has 0 unspecified atom stereocenters. The lowest BCUT2D eigenvalue weighted by Gasteiger charge is -2.07. The van der Waals surface area contributed by atoms with E-state index >= 15 is 0 Å². The first-order valence-corrected chi connectivity index (χ1v) is 7.28. The molecule has 0 aliphatic carbocycles. The molecule has 1 amide bonds. The van der Waals surface area contributed by atoms with Gasteiger partial charge in [0.05, 0.1) is 7.11 Å². The molecule has 2 rings (SSSR count). The van der Waals surface area contributed by atoms with Crippen molar-refractivity contribution in [1.29, 1.82) is 0 Å². The number of nitrogens with one attached hydrogen (secondary N) is 1. The van der Waals surface area contributed by atoms with Crippen molar-refractivity contribution in [2.75, 3.05) is 13.7 Å². The van der Waals surface area contributed by atoms with Crippen LogP contribution in [-0.4, -0.2) is 19.6 Å². The minimum absolute atomic E-state index is 0.281. The minimum atomic E-state index is -0.359. The Bertz CT molecular complexity index is 759. The standard InChI is InChI=1S/C19H18FNO2/c1-14-13-15(7-9-17(14)20)8-10-19(22)21-12-11-16-5-3-4-6-18(16)23-2/h3-7,9,13H,11-12H2,1-2H3,(H,21,22). The molecule has 0 atom stereocenters. The lowest BCUT2D eigenvalue weighted by molar-refractivity contribution is -0.115. The summed E-state index contributed by atoms with van der Waals surface area (Å²) in [6.07, 6.45) is 0.660. The van der Waals surface area contributed by atoms with Gasteiger partial charge in [-0.1, -0.05) is 24.1 Å². The Kier molecular flexibility index (Phi) is 5.76. The van der Waals surface area contributed by atoms with Crippen LogP contribution in [0.1, 0.15) is 16.7 Å². The first-order valence-electron chi connectivity index (χ1n) is 7.28. The van der Waals surface area contributed by atoms with Crippen LogP contribution in [0.3, 0.4) is 0 Å². The van der Waals surface area contributed by atoms with Gasteiger partial charge in [0.1, 0.15) is 11.6 Å². The van der Waals surface area contributed by atoms with Crippen molar-refractivity contribution in [3.8, 4) is 17.6 Å². The van der Waals surface area contributed by atoms with Crippen LogP contribution < -0.4 is 10.1 Å². The van der Waals surface area contributed by atoms with Gasteiger partial charge in [-0.05, 0) is 48.7 Å². The molecule has 0 radical (unpaired) electrons. The molecule has 0 aliphatic heterocycles. The van der Waals surface area contributed by atoms with Crippen molar-refractivity contribution in [2.24, 2.45) is 0 Å². The van der Waals surface area contributed by atoms with Gasteiger partial charge in [-0.25, -0.2) is 4.39 Å². The van der Waals surface area contributed by atoms with E-state index < -0.39 is 0 Å². The molecule has 0 aliphatic rings. The summed E-state index contributed by atoms with van der Waals surface area (Å²) in [4.78, 5) is 11.7. The van der Waals surface area contributed by atoms with Crippen LogP contribution in [0.25, 0.3) is 0 Å². The number of benzene rings is 2. The normalized spacial score (nSPS) is 9.70. The van der Waals surface area contributed by atoms with Gasteiger partial charge in [-0.2, -0.15) is 0 Å². The molecule has 3 nitrogen and oxygen atoms in total. The maximum Gasteiger partial charge on any atom is 0.296 e. The number of carbonyl (C=O) groups is 1. The maximum absolute atomic E-state index is 13.1. The fourth-order valence-electron chi connectivity index (χ4n) is 2.12. The number of para-hydroxylation sites is 1. The van der Waals surface area contributed by atoms with Gasteiger partial charge in [-0.15, -0.1) is 0 Å². The Labute approximate surface area is 135 Å². The number of halogens is 1. The van der Waals surface area contributed by atoms with Crippen LogP contribution in [0.4, 0.5) is 4.39 Å². The third-order valence-electron chi connectivity index (χ3n) is 3.35. The molecule has 118 valence electrons. The highest BCUT2D eigenvalue weighted by atomic mass is 19.1. The van der Waals surface area contributed by atoms with Gasteiger partial charge < -0.3 is 10.1 Å². The Morgan fingerprint density at radius 1 is 1.26 bits per heavy atom. The van der Waals surface area contributed by atoms with Crippen molar-refractivity contribution in [1.82, 2.24) is 5.32 Å². The van der Waals surface area contributed by atoms with Crippen molar-refractivity contribution < 1.29 is 13.9 Å². The van der Waals surface area contributed by atoms with Gasteiger partial charge >= 0.3 is 0 Å². The Morgan fingerprint density at radius 2 is 2.04 bits per heavy atom. The predicted molar refractivity (Wildman–Crippen MR) is 87.7 cm³/mol. The molecule has 0 fully saturated rings. The van der Waals surface area contributed by atoms with Gasteiger partial charge in [0.2, 0.25) is 0 Å². The third kappa shape index (κ3) is 4.86. The van der Waals surface area contributed by atoms with E-state index in [1.165, 1.54) is 6.07 Å². The number of methoxy groups -OCH3 is 1. The number of carbonyl (C=O) groups excluding carboxylic acids is 1. The average molecular weight is 311 g/mol. The monoisotopic (exact) mass is 311 g/mol. The highest BCUT2D eigenvalue weighted by Crippen LogP contribution is 2.17. The smallest absolute Gasteiger partial charge is 0.296 e. The topological polar surface area (TPSA) is 38.3 Å². The summed E-state index contributed by atoms with van der Waals surface area (Å²) in [7, 11) is 1.62. The molecule has 2 aromatic carbocycles. The van der Waals surface area contributed by atoms with Gasteiger partial charge in [0, 0.05) is 18.0 Å². The van der Waals surface area contributed by atoms with Crippen molar-refractivity contribution in [3.05, 3.63) is 65.0 Å². The summed E-state index contributed by atoms with van der Waals surface area (Å²) in [5.41, 5.74) is 2.15. The fraction of sp³-hybridized carbons (Fsp3) is 0.211. The van der Waals surface area contributed by atoms with E-state index in [9.17, 15) is 9.18 Å². The van der Waals surface area contributed by atoms with Crippen molar-refractivity contribution in [3.63, 3.8) is 0 Å². The minimum Gasteiger partial charge on any atom is -0.496 e. The van der Waals surface area contributed by atoms with E-state index in [1.807, 2.05) is 24.3 Å². The number of ether oxygens (including phenoxy) is 1. The summed E-state index contributed by atoms with van der Waals surface area (Å²) in [6, 6.07) is 12.2. The summed E-state index contributed by atoms with van der Waals surface area (Å²) < 4.78 is 18.4. The lowest BCUT2D eigenvalue weighted by atomic mass is 10.1. The zero-order chi connectivity index (χ0) is 16.7. The van der Waals surface area contributed by atoms with E-state index in [2.05, 4.69) is 17.2 Å². The van der Waals surface area contributed by atoms with Crippen LogP contribution in [-0.2, 0) is 11.2 Å². The van der Waals surface area contributed by atoms with Gasteiger partial charge in [0.25, 0.3) is 5.91 Å². The Balaban J connectivity index is 1.88. The third-order valence-corrected chi connectivity index (χ3v) is 3.35. The SMILES string of the molecule is COc1ccccc1CCNC(=O)C#Cc1ccc(F)c(C)c1. The van der Waals surface area contributed by atoms with Crippen LogP contribution in [0.5, 0.6) is 5.75 Å². The van der Waals surface area contributed by atoms with E-state index in [-0.39, 0.29) is 11.7 Å². The van der Waals surface area contributed by atoms with Crippen LogP contribution in [0.15, 0.2) is 42.5 Å². The molecular formula is C19H18FNO2. The summed E-state index contributed by atoms with van der Waals surface area (Å²) >= 11 is 0. The highest BCUT2D eigenvalue weighted by Gasteiger charge is 2.02. The molecule has 0 saturated heterocycles. The second kappa shape index (κ2) is 8.00. The molecule has 0 spiro atoms. The largest absolute Gasteiger partial charge is 0.496 e. The molecular weight excluding hydrogens is 293 g/mol. The second-order valence-corrected chi connectivity index (χ2v) is 5.03. The van der Waals surface area contributed by atoms with Crippen molar-refractivity contribution >= 4 is 5.91 Å². The van der Waals surface area contributed by atoms with E-state index in [4.69, 9.17) is 4.74 Å². The molecule has 2 aromatic rings. The molecule has 0 aromatic heterocycles. The van der Waals surface area contributed by atoms with Crippen molar-refractivity contribution in [2.45, 2.75) is 13.3 Å². The number of hydrogen-bond donors (Lipinski definition) is 1. The van der Waals surface area contributed by atoms with E-state index in [0.717, 1.165) is 11.3 Å². The number of aryl methyl sites for hydroxylation is 1. The first-order chi connectivity index (χ1) is 11.1. The van der Waals surface area contributed by atoms with Gasteiger partial charge in [-0.3, -0.25) is 4.79 Å². The number of amides is 1. The molecule has 0 bridgehead atoms. The Morgan fingerprint density at radius 3 is 2.78 bits per heavy atom. The molecule has 1 N–H and O–H groups in total. The molecule has 0 saturated carbocycles. The predicted octanol–water partition coefficient (Wildman–Crippen LogP) is 2.85. The second-order valence-electron chi connectivity index (χ2n) is 5.03. The van der Waals surface area contributed by atoms with E-state index in [0.29, 0.717) is 24.1 Å². The number of rotatable bonds is 4. The maximum atomic E-state index is 13.1. The van der Waals surface area contributed by atoms with Crippen LogP contribution in [0.2, 0.25) is 0 Å². The first kappa shape index (κ1) is 16.6. The van der Waals surface area contributed by atoms with Crippen LogP contribution >= 0.6 is 0 Å². The Hall–Kier alpha value is -2.80. The summed E-state index contributed by atoms with van der Waals surface area (Å²) in [5.74, 6) is 5.40. The zero-order valence-electron chi connectivity index (χ0n) is 13.2. The highest BCUT2D eigenvalue weighted by molar-refractivity contribution is 5.94. The number of hydrogen-bond acceptors (Lipinski definition) is 2. The molecule has 23 heavy (non-hydrogen) atoms. The van der Waals surface area contributed by atoms with Crippen LogP contribution in [0, 0.1) is 24.6 Å². The lowest BCUT2D eigenvalue weighted by Crippen LogP contribution is -2.24. The van der Waals surface area contributed by atoms with Gasteiger partial charge in [0.15, 0.2) is 0 Å². The summed E-state index contributed by atoms with van der Waals surface area (Å²) in [5, 5.41) is 2.74. The van der Waals surface area contributed by atoms with E-state index in [1.54, 1.807) is 26.2 Å². The quantitative estimate of drug-likeness (QED) is 0.882. The average Bonchev–Trinajstić information content (AvgIpc) is 2.56. The molecule has 4 heteroatoms. The summed E-state index contributed by atoms with van der Waals surface area (Å²) in [6.45, 7) is 2.13. The molecule has 0 heterocycles. The zero-order valence-corrected chi connectivity index (χ0v) is 13.2.